The molecule has 3 nitrogen and oxygen atoms in total. The average molecular weight is 352 g/mol. The average Bonchev–Trinajstić information content (AvgIpc) is 2.79. The molecule has 1 atom stereocenters. The summed E-state index contributed by atoms with van der Waals surface area (Å²) in [5.74, 6) is 1.37. The van der Waals surface area contributed by atoms with Gasteiger partial charge in [0.2, 0.25) is 0 Å². The molecule has 3 rings (SSSR count). The molecule has 0 spiro atoms. The van der Waals surface area contributed by atoms with E-state index in [9.17, 15) is 0 Å². The Morgan fingerprint density at radius 2 is 1.87 bits per heavy atom. The van der Waals surface area contributed by atoms with E-state index in [1.807, 2.05) is 36.4 Å². The molecule has 1 aliphatic rings. The molecule has 0 radical (unpaired) electrons. The van der Waals surface area contributed by atoms with Crippen molar-refractivity contribution in [3.05, 3.63) is 57.6 Å². The first kappa shape index (κ1) is 16.4. The van der Waals surface area contributed by atoms with Crippen molar-refractivity contribution < 1.29 is 9.47 Å². The minimum absolute atomic E-state index is 0.137. The second-order valence-corrected chi connectivity index (χ2v) is 6.39. The van der Waals surface area contributed by atoms with Crippen molar-refractivity contribution in [3.8, 4) is 11.5 Å². The molecule has 0 aromatic heterocycles. The molecule has 0 aliphatic carbocycles. The van der Waals surface area contributed by atoms with Crippen LogP contribution in [0.2, 0.25) is 10.0 Å². The fourth-order valence-electron chi connectivity index (χ4n) is 2.59. The predicted molar refractivity (Wildman–Crippen MR) is 93.8 cm³/mol. The highest BCUT2D eigenvalue weighted by Crippen LogP contribution is 2.38. The molecule has 0 saturated carbocycles. The van der Waals surface area contributed by atoms with Gasteiger partial charge in [0.25, 0.3) is 0 Å². The summed E-state index contributed by atoms with van der Waals surface area (Å²) in [6.07, 6.45) is 0.863. The molecule has 1 unspecified atom stereocenters. The highest BCUT2D eigenvalue weighted by atomic mass is 35.5. The van der Waals surface area contributed by atoms with Gasteiger partial charge in [0, 0.05) is 24.0 Å². The van der Waals surface area contributed by atoms with Crippen LogP contribution in [-0.2, 0) is 6.54 Å². The first-order valence-corrected chi connectivity index (χ1v) is 8.46. The van der Waals surface area contributed by atoms with Crippen molar-refractivity contribution in [1.82, 2.24) is 5.32 Å². The Bertz CT molecular complexity index is 691. The molecule has 0 bridgehead atoms. The molecule has 23 heavy (non-hydrogen) atoms. The molecule has 2 aromatic rings. The van der Waals surface area contributed by atoms with E-state index in [1.54, 1.807) is 0 Å². The van der Waals surface area contributed by atoms with E-state index in [4.69, 9.17) is 32.7 Å². The fourth-order valence-corrected chi connectivity index (χ4v) is 3.18. The zero-order valence-electron chi connectivity index (χ0n) is 12.9. The number of fused-ring (bicyclic) bond motifs is 1. The smallest absolute Gasteiger partial charge is 0.179 e. The quantitative estimate of drug-likeness (QED) is 0.839. The minimum atomic E-state index is 0.137. The van der Waals surface area contributed by atoms with Crippen molar-refractivity contribution >= 4 is 23.2 Å². The summed E-state index contributed by atoms with van der Waals surface area (Å²) in [5.41, 5.74) is 2.13. The maximum atomic E-state index is 6.32. The molecule has 5 heteroatoms. The maximum absolute atomic E-state index is 6.32. The van der Waals surface area contributed by atoms with Crippen molar-refractivity contribution in [2.24, 2.45) is 0 Å². The van der Waals surface area contributed by atoms with Crippen molar-refractivity contribution in [2.45, 2.75) is 25.9 Å². The van der Waals surface area contributed by atoms with E-state index in [-0.39, 0.29) is 6.04 Å². The third kappa shape index (κ3) is 3.92. The van der Waals surface area contributed by atoms with Gasteiger partial charge in [-0.2, -0.15) is 0 Å². The van der Waals surface area contributed by atoms with Gasteiger partial charge in [0.1, 0.15) is 0 Å². The molecule has 0 saturated heterocycles. The van der Waals surface area contributed by atoms with Gasteiger partial charge in [0.15, 0.2) is 11.5 Å². The number of halogens is 2. The van der Waals surface area contributed by atoms with E-state index in [2.05, 4.69) is 12.2 Å². The van der Waals surface area contributed by atoms with Crippen LogP contribution in [0.5, 0.6) is 11.5 Å². The van der Waals surface area contributed by atoms with E-state index < -0.39 is 0 Å². The lowest BCUT2D eigenvalue weighted by molar-refractivity contribution is 0.297. The third-order valence-corrected chi connectivity index (χ3v) is 4.47. The summed E-state index contributed by atoms with van der Waals surface area (Å²) < 4.78 is 11.4. The molecule has 1 N–H and O–H groups in total. The van der Waals surface area contributed by atoms with Crippen LogP contribution >= 0.6 is 23.2 Å². The Morgan fingerprint density at radius 1 is 1.09 bits per heavy atom. The number of nitrogens with one attached hydrogen (secondary N) is 1. The van der Waals surface area contributed by atoms with Gasteiger partial charge in [-0.05, 0) is 36.2 Å². The highest BCUT2D eigenvalue weighted by molar-refractivity contribution is 6.32. The molecular weight excluding hydrogens is 333 g/mol. The molecule has 122 valence electrons. The second-order valence-electron chi connectivity index (χ2n) is 5.58. The summed E-state index contributed by atoms with van der Waals surface area (Å²) in [5, 5.41) is 4.82. The summed E-state index contributed by atoms with van der Waals surface area (Å²) in [4.78, 5) is 0. The lowest BCUT2D eigenvalue weighted by Gasteiger charge is -2.17. The van der Waals surface area contributed by atoms with E-state index in [1.165, 1.54) is 0 Å². The lowest BCUT2D eigenvalue weighted by Crippen LogP contribution is -2.18. The molecule has 0 fully saturated rings. The lowest BCUT2D eigenvalue weighted by atomic mass is 10.1. The van der Waals surface area contributed by atoms with Gasteiger partial charge in [-0.3, -0.25) is 0 Å². The Labute approximate surface area is 146 Å². The SMILES string of the molecule is CC(NCc1cc(Cl)c2c(c1)OCCCO2)c1ccccc1Cl. The van der Waals surface area contributed by atoms with E-state index in [0.717, 1.165) is 28.3 Å². The summed E-state index contributed by atoms with van der Waals surface area (Å²) in [7, 11) is 0. The van der Waals surface area contributed by atoms with Crippen LogP contribution in [0, 0.1) is 0 Å². The first-order valence-electron chi connectivity index (χ1n) is 7.71. The van der Waals surface area contributed by atoms with Gasteiger partial charge in [0.05, 0.1) is 18.2 Å². The highest BCUT2D eigenvalue weighted by Gasteiger charge is 2.16. The first-order chi connectivity index (χ1) is 11.1. The summed E-state index contributed by atoms with van der Waals surface area (Å²) >= 11 is 12.6. The van der Waals surface area contributed by atoms with Crippen molar-refractivity contribution in [3.63, 3.8) is 0 Å². The Kier molecular flexibility index (Phi) is 5.31. The molecule has 2 aromatic carbocycles. The summed E-state index contributed by atoms with van der Waals surface area (Å²) in [6.45, 7) is 4.04. The van der Waals surface area contributed by atoms with Gasteiger partial charge in [-0.25, -0.2) is 0 Å². The van der Waals surface area contributed by atoms with E-state index >= 15 is 0 Å². The number of rotatable bonds is 4. The monoisotopic (exact) mass is 351 g/mol. The molecular formula is C18H19Cl2NO2. The van der Waals surface area contributed by atoms with Crippen LogP contribution in [0.3, 0.4) is 0 Å². The Morgan fingerprint density at radius 3 is 2.70 bits per heavy atom. The molecule has 1 aliphatic heterocycles. The normalized spacial score (nSPS) is 15.1. The van der Waals surface area contributed by atoms with Crippen LogP contribution < -0.4 is 14.8 Å². The second kappa shape index (κ2) is 7.43. The predicted octanol–water partition coefficient (Wildman–Crippen LogP) is 5.01. The largest absolute Gasteiger partial charge is 0.489 e. The topological polar surface area (TPSA) is 30.5 Å². The third-order valence-electron chi connectivity index (χ3n) is 3.85. The van der Waals surface area contributed by atoms with Gasteiger partial charge < -0.3 is 14.8 Å². The number of ether oxygens (including phenoxy) is 2. The van der Waals surface area contributed by atoms with Gasteiger partial charge >= 0.3 is 0 Å². The fraction of sp³-hybridized carbons (Fsp3) is 0.333. The standard InChI is InChI=1S/C18H19Cl2NO2/c1-12(14-5-2-3-6-15(14)19)21-11-13-9-16(20)18-17(10-13)22-7-4-8-23-18/h2-3,5-6,9-10,12,21H,4,7-8,11H2,1H3. The Balaban J connectivity index is 1.72. The van der Waals surface area contributed by atoms with Crippen molar-refractivity contribution in [2.75, 3.05) is 13.2 Å². The molecule has 0 amide bonds. The molecule has 1 heterocycles. The van der Waals surface area contributed by atoms with Crippen LogP contribution in [0.25, 0.3) is 0 Å². The number of hydrogen-bond donors (Lipinski definition) is 1. The number of hydrogen-bond acceptors (Lipinski definition) is 3. The van der Waals surface area contributed by atoms with Gasteiger partial charge in [-0.1, -0.05) is 41.4 Å². The zero-order valence-corrected chi connectivity index (χ0v) is 14.5. The van der Waals surface area contributed by atoms with Crippen LogP contribution in [0.15, 0.2) is 36.4 Å². The van der Waals surface area contributed by atoms with Crippen LogP contribution in [0.1, 0.15) is 30.5 Å². The van der Waals surface area contributed by atoms with Crippen molar-refractivity contribution in [1.29, 1.82) is 0 Å². The van der Waals surface area contributed by atoms with E-state index in [0.29, 0.717) is 30.5 Å². The minimum Gasteiger partial charge on any atom is -0.489 e. The number of benzene rings is 2. The van der Waals surface area contributed by atoms with Crippen LogP contribution in [0.4, 0.5) is 0 Å². The maximum Gasteiger partial charge on any atom is 0.179 e. The Hall–Kier alpha value is -1.42. The van der Waals surface area contributed by atoms with Gasteiger partial charge in [-0.15, -0.1) is 0 Å². The summed E-state index contributed by atoms with van der Waals surface area (Å²) in [6, 6.07) is 11.9. The van der Waals surface area contributed by atoms with Crippen LogP contribution in [-0.4, -0.2) is 13.2 Å². The zero-order chi connectivity index (χ0) is 16.2.